The van der Waals surface area contributed by atoms with Crippen LogP contribution in [0.15, 0.2) is 4.99 Å². The molecule has 0 saturated heterocycles. The Hall–Kier alpha value is -0.770. The first kappa shape index (κ1) is 16.2. The zero-order valence-corrected chi connectivity index (χ0v) is 11.7. The van der Waals surface area contributed by atoms with Crippen LogP contribution in [-0.2, 0) is 4.74 Å². The SMILES string of the molecule is COCCNC(N)=NCCCCCCC(C)C. The number of guanidine groups is 1. The predicted molar refractivity (Wildman–Crippen MR) is 74.3 cm³/mol. The van der Waals surface area contributed by atoms with Gasteiger partial charge in [-0.25, -0.2) is 0 Å². The van der Waals surface area contributed by atoms with Crippen LogP contribution < -0.4 is 11.1 Å². The van der Waals surface area contributed by atoms with Crippen molar-refractivity contribution in [2.75, 3.05) is 26.8 Å². The Morgan fingerprint density at radius 1 is 1.24 bits per heavy atom. The zero-order valence-electron chi connectivity index (χ0n) is 11.7. The summed E-state index contributed by atoms with van der Waals surface area (Å²) >= 11 is 0. The van der Waals surface area contributed by atoms with Crippen molar-refractivity contribution in [3.05, 3.63) is 0 Å². The van der Waals surface area contributed by atoms with Crippen molar-refractivity contribution < 1.29 is 4.74 Å². The predicted octanol–water partition coefficient (Wildman–Crippen LogP) is 2.14. The first-order valence-electron chi connectivity index (χ1n) is 6.69. The molecule has 102 valence electrons. The van der Waals surface area contributed by atoms with Crippen LogP contribution >= 0.6 is 0 Å². The number of methoxy groups -OCH3 is 1. The van der Waals surface area contributed by atoms with Crippen LogP contribution in [0.2, 0.25) is 0 Å². The van der Waals surface area contributed by atoms with Crippen LogP contribution in [0.5, 0.6) is 0 Å². The van der Waals surface area contributed by atoms with E-state index in [0.29, 0.717) is 12.6 Å². The van der Waals surface area contributed by atoms with E-state index in [1.165, 1.54) is 25.7 Å². The van der Waals surface area contributed by atoms with Gasteiger partial charge in [0, 0.05) is 20.2 Å². The van der Waals surface area contributed by atoms with E-state index in [-0.39, 0.29) is 0 Å². The molecule has 0 aliphatic carbocycles. The summed E-state index contributed by atoms with van der Waals surface area (Å²) in [6.45, 7) is 6.76. The van der Waals surface area contributed by atoms with Gasteiger partial charge in [-0.15, -0.1) is 0 Å². The van der Waals surface area contributed by atoms with Gasteiger partial charge in [0.05, 0.1) is 6.61 Å². The Morgan fingerprint density at radius 3 is 2.59 bits per heavy atom. The highest BCUT2D eigenvalue weighted by molar-refractivity contribution is 5.77. The third kappa shape index (κ3) is 13.2. The second-order valence-electron chi connectivity index (χ2n) is 4.78. The Labute approximate surface area is 106 Å². The maximum Gasteiger partial charge on any atom is 0.188 e. The highest BCUT2D eigenvalue weighted by Crippen LogP contribution is 2.09. The molecule has 0 saturated carbocycles. The molecule has 0 rings (SSSR count). The Balaban J connectivity index is 3.27. The van der Waals surface area contributed by atoms with Gasteiger partial charge in [-0.1, -0.05) is 39.5 Å². The van der Waals surface area contributed by atoms with Gasteiger partial charge < -0.3 is 15.8 Å². The molecule has 3 N–H and O–H groups in total. The Kier molecular flexibility index (Phi) is 11.2. The quantitative estimate of drug-likeness (QED) is 0.351. The lowest BCUT2D eigenvalue weighted by Gasteiger charge is -2.05. The van der Waals surface area contributed by atoms with Crippen molar-refractivity contribution in [2.24, 2.45) is 16.6 Å². The first-order valence-corrected chi connectivity index (χ1v) is 6.69. The smallest absolute Gasteiger partial charge is 0.188 e. The third-order valence-corrected chi connectivity index (χ3v) is 2.58. The Bertz CT molecular complexity index is 193. The summed E-state index contributed by atoms with van der Waals surface area (Å²) in [4.78, 5) is 4.26. The zero-order chi connectivity index (χ0) is 12.9. The van der Waals surface area contributed by atoms with Gasteiger partial charge in [0.1, 0.15) is 0 Å². The van der Waals surface area contributed by atoms with Crippen molar-refractivity contribution in [3.8, 4) is 0 Å². The van der Waals surface area contributed by atoms with Crippen LogP contribution in [0, 0.1) is 5.92 Å². The number of nitrogens with two attached hydrogens (primary N) is 1. The molecule has 0 bridgehead atoms. The number of ether oxygens (including phenoxy) is 1. The van der Waals surface area contributed by atoms with E-state index in [4.69, 9.17) is 10.5 Å². The second kappa shape index (κ2) is 11.7. The highest BCUT2D eigenvalue weighted by Gasteiger charge is 1.94. The van der Waals surface area contributed by atoms with E-state index in [0.717, 1.165) is 25.4 Å². The summed E-state index contributed by atoms with van der Waals surface area (Å²) < 4.78 is 4.91. The molecule has 0 radical (unpaired) electrons. The lowest BCUT2D eigenvalue weighted by molar-refractivity contribution is 0.204. The minimum Gasteiger partial charge on any atom is -0.383 e. The maximum absolute atomic E-state index is 5.68. The van der Waals surface area contributed by atoms with E-state index in [2.05, 4.69) is 24.2 Å². The van der Waals surface area contributed by atoms with Gasteiger partial charge in [0.15, 0.2) is 5.96 Å². The van der Waals surface area contributed by atoms with E-state index in [1.54, 1.807) is 7.11 Å². The summed E-state index contributed by atoms with van der Waals surface area (Å²) in [6.07, 6.45) is 6.37. The molecule has 0 aliphatic rings. The summed E-state index contributed by atoms with van der Waals surface area (Å²) in [5.41, 5.74) is 5.68. The van der Waals surface area contributed by atoms with Gasteiger partial charge in [-0.2, -0.15) is 0 Å². The van der Waals surface area contributed by atoms with Gasteiger partial charge >= 0.3 is 0 Å². The topological polar surface area (TPSA) is 59.6 Å². The van der Waals surface area contributed by atoms with Gasteiger partial charge in [0.2, 0.25) is 0 Å². The number of nitrogens with one attached hydrogen (secondary N) is 1. The number of aliphatic imine (C=N–C) groups is 1. The molecule has 0 amide bonds. The molecule has 0 aromatic carbocycles. The van der Waals surface area contributed by atoms with Crippen molar-refractivity contribution in [2.45, 2.75) is 46.0 Å². The minimum atomic E-state index is 0.532. The summed E-state index contributed by atoms with van der Waals surface area (Å²) in [7, 11) is 1.67. The summed E-state index contributed by atoms with van der Waals surface area (Å²) in [5.74, 6) is 1.36. The van der Waals surface area contributed by atoms with Gasteiger partial charge in [0.25, 0.3) is 0 Å². The second-order valence-corrected chi connectivity index (χ2v) is 4.78. The number of hydrogen-bond acceptors (Lipinski definition) is 2. The molecule has 0 aromatic heterocycles. The lowest BCUT2D eigenvalue weighted by Crippen LogP contribution is -2.34. The minimum absolute atomic E-state index is 0.532. The summed E-state index contributed by atoms with van der Waals surface area (Å²) in [6, 6.07) is 0. The maximum atomic E-state index is 5.68. The molecule has 0 aliphatic heterocycles. The van der Waals surface area contributed by atoms with Crippen LogP contribution in [0.1, 0.15) is 46.0 Å². The molecule has 0 heterocycles. The third-order valence-electron chi connectivity index (χ3n) is 2.58. The van der Waals surface area contributed by atoms with Crippen LogP contribution in [0.25, 0.3) is 0 Å². The van der Waals surface area contributed by atoms with Crippen molar-refractivity contribution in [3.63, 3.8) is 0 Å². The fraction of sp³-hybridized carbons (Fsp3) is 0.923. The van der Waals surface area contributed by atoms with Crippen LogP contribution in [0.3, 0.4) is 0 Å². The molecule has 0 unspecified atom stereocenters. The molecule has 0 aromatic rings. The lowest BCUT2D eigenvalue weighted by atomic mass is 10.0. The van der Waals surface area contributed by atoms with Crippen LogP contribution in [-0.4, -0.2) is 32.8 Å². The largest absolute Gasteiger partial charge is 0.383 e. The molecule has 0 spiro atoms. The average Bonchev–Trinajstić information content (AvgIpc) is 2.28. The number of hydrogen-bond donors (Lipinski definition) is 2. The first-order chi connectivity index (χ1) is 8.16. The van der Waals surface area contributed by atoms with E-state index < -0.39 is 0 Å². The molecule has 0 fully saturated rings. The molecule has 4 heteroatoms. The van der Waals surface area contributed by atoms with E-state index >= 15 is 0 Å². The van der Waals surface area contributed by atoms with Gasteiger partial charge in [-0.05, 0) is 12.3 Å². The van der Waals surface area contributed by atoms with E-state index in [9.17, 15) is 0 Å². The van der Waals surface area contributed by atoms with Gasteiger partial charge in [-0.3, -0.25) is 4.99 Å². The molecule has 4 nitrogen and oxygen atoms in total. The molecule has 0 atom stereocenters. The fourth-order valence-corrected chi connectivity index (χ4v) is 1.55. The standard InChI is InChI=1S/C13H29N3O/c1-12(2)8-6-4-5-7-9-15-13(14)16-10-11-17-3/h12H,4-11H2,1-3H3,(H3,14,15,16). The Morgan fingerprint density at radius 2 is 1.94 bits per heavy atom. The van der Waals surface area contributed by atoms with Crippen molar-refractivity contribution in [1.82, 2.24) is 5.32 Å². The average molecular weight is 243 g/mol. The monoisotopic (exact) mass is 243 g/mol. The van der Waals surface area contributed by atoms with Crippen molar-refractivity contribution >= 4 is 5.96 Å². The molecular weight excluding hydrogens is 214 g/mol. The summed E-state index contributed by atoms with van der Waals surface area (Å²) in [5, 5.41) is 3.00. The highest BCUT2D eigenvalue weighted by atomic mass is 16.5. The van der Waals surface area contributed by atoms with Crippen molar-refractivity contribution in [1.29, 1.82) is 0 Å². The van der Waals surface area contributed by atoms with Crippen LogP contribution in [0.4, 0.5) is 0 Å². The fourth-order valence-electron chi connectivity index (χ4n) is 1.55. The number of rotatable bonds is 10. The van der Waals surface area contributed by atoms with E-state index in [1.807, 2.05) is 0 Å². The number of unbranched alkanes of at least 4 members (excludes halogenated alkanes) is 3. The normalized spacial score (nSPS) is 12.1. The molecular formula is C13H29N3O. The molecule has 17 heavy (non-hydrogen) atoms. The number of nitrogens with zero attached hydrogens (tertiary/aromatic N) is 1.